The van der Waals surface area contributed by atoms with E-state index >= 15 is 0 Å². The maximum atomic E-state index is 13.2. The van der Waals surface area contributed by atoms with Crippen molar-refractivity contribution in [3.63, 3.8) is 0 Å². The summed E-state index contributed by atoms with van der Waals surface area (Å²) >= 11 is 13.7. The van der Waals surface area contributed by atoms with Crippen molar-refractivity contribution in [2.75, 3.05) is 14.2 Å². The van der Waals surface area contributed by atoms with Gasteiger partial charge < -0.3 is 24.1 Å². The first-order valence-corrected chi connectivity index (χ1v) is 14.6. The van der Waals surface area contributed by atoms with Gasteiger partial charge in [-0.2, -0.15) is 0 Å². The highest BCUT2D eigenvalue weighted by atomic mass is 35.5. The summed E-state index contributed by atoms with van der Waals surface area (Å²) in [4.78, 5) is 18.0. The predicted octanol–water partition coefficient (Wildman–Crippen LogP) is 7.59. The van der Waals surface area contributed by atoms with Crippen LogP contribution in [0.5, 0.6) is 17.2 Å². The zero-order valence-electron chi connectivity index (χ0n) is 23.2. The second-order valence-corrected chi connectivity index (χ2v) is 11.2. The van der Waals surface area contributed by atoms with Gasteiger partial charge in [-0.05, 0) is 68.7 Å². The number of carbonyl (C=O) groups is 1. The number of rotatable bonds is 12. The van der Waals surface area contributed by atoms with Crippen molar-refractivity contribution in [3.05, 3.63) is 79.7 Å². The highest BCUT2D eigenvalue weighted by Crippen LogP contribution is 2.31. The molecule has 1 N–H and O–H groups in total. The number of carbonyl (C=O) groups excluding carboxylic acids is 1. The molecule has 2 aromatic heterocycles. The molecule has 40 heavy (non-hydrogen) atoms. The van der Waals surface area contributed by atoms with Crippen LogP contribution in [-0.2, 0) is 19.6 Å². The van der Waals surface area contributed by atoms with Crippen LogP contribution in [0.15, 0.2) is 47.8 Å². The maximum Gasteiger partial charge on any atom is 0.253 e. The van der Waals surface area contributed by atoms with Crippen LogP contribution < -0.4 is 19.5 Å². The number of hydrogen-bond acceptors (Lipinski definition) is 6. The molecule has 0 spiro atoms. The Morgan fingerprint density at radius 3 is 2.48 bits per heavy atom. The van der Waals surface area contributed by atoms with Gasteiger partial charge in [-0.3, -0.25) is 4.79 Å². The molecule has 0 saturated heterocycles. The van der Waals surface area contributed by atoms with E-state index in [1.165, 1.54) is 11.3 Å². The van der Waals surface area contributed by atoms with Gasteiger partial charge in [0, 0.05) is 33.7 Å². The van der Waals surface area contributed by atoms with Crippen LogP contribution in [0.25, 0.3) is 11.4 Å². The number of nitrogens with zero attached hydrogens (tertiary/aromatic N) is 2. The number of ether oxygens (including phenoxy) is 3. The van der Waals surface area contributed by atoms with E-state index in [-0.39, 0.29) is 18.6 Å². The Labute approximate surface area is 249 Å². The van der Waals surface area contributed by atoms with Gasteiger partial charge in [0.05, 0.1) is 31.2 Å². The molecule has 1 amide bonds. The summed E-state index contributed by atoms with van der Waals surface area (Å²) in [7, 11) is 3.25. The van der Waals surface area contributed by atoms with Crippen molar-refractivity contribution in [2.24, 2.45) is 0 Å². The SMILES string of the molecule is CCC(C)NC(=O)c1cc(-c2csc(COc3cc(Cl)cc(Cl)c3)n2)n(CCc2ccc(OC)c(OC)c2)c1C. The first-order chi connectivity index (χ1) is 19.2. The standard InChI is InChI=1S/C30H33Cl2N3O4S/c1-6-18(2)33-30(36)24-15-26(25-17-40-29(34-25)16-39-23-13-21(31)12-22(32)14-23)35(19(24)3)10-9-20-7-8-27(37-4)28(11-20)38-5/h7-8,11-15,17-18H,6,9-10,16H2,1-5H3,(H,33,36). The fourth-order valence-electron chi connectivity index (χ4n) is 4.31. The molecule has 0 aliphatic carbocycles. The molecule has 10 heteroatoms. The van der Waals surface area contributed by atoms with Crippen molar-refractivity contribution in [2.45, 2.75) is 52.8 Å². The highest BCUT2D eigenvalue weighted by Gasteiger charge is 2.21. The topological polar surface area (TPSA) is 74.6 Å². The zero-order chi connectivity index (χ0) is 28.8. The lowest BCUT2D eigenvalue weighted by Gasteiger charge is -2.14. The highest BCUT2D eigenvalue weighted by molar-refractivity contribution is 7.09. The van der Waals surface area contributed by atoms with E-state index < -0.39 is 0 Å². The van der Waals surface area contributed by atoms with E-state index in [1.54, 1.807) is 32.4 Å². The molecule has 2 aromatic carbocycles. The number of nitrogens with one attached hydrogen (secondary N) is 1. The van der Waals surface area contributed by atoms with Crippen molar-refractivity contribution in [3.8, 4) is 28.6 Å². The molecule has 212 valence electrons. The first-order valence-electron chi connectivity index (χ1n) is 13.0. The van der Waals surface area contributed by atoms with Crippen LogP contribution in [0.2, 0.25) is 10.0 Å². The fourth-order valence-corrected chi connectivity index (χ4v) is 5.51. The molecular weight excluding hydrogens is 569 g/mol. The number of aryl methyl sites for hydroxylation is 1. The molecular formula is C30H33Cl2N3O4S. The Hall–Kier alpha value is -3.20. The van der Waals surface area contributed by atoms with Gasteiger partial charge in [-0.15, -0.1) is 11.3 Å². The van der Waals surface area contributed by atoms with Gasteiger partial charge in [-0.1, -0.05) is 36.2 Å². The fraction of sp³-hybridized carbons (Fsp3) is 0.333. The number of benzene rings is 2. The summed E-state index contributed by atoms with van der Waals surface area (Å²) in [5.74, 6) is 1.86. The summed E-state index contributed by atoms with van der Waals surface area (Å²) in [6, 6.07) is 13.0. The van der Waals surface area contributed by atoms with Crippen molar-refractivity contribution < 1.29 is 19.0 Å². The van der Waals surface area contributed by atoms with E-state index in [9.17, 15) is 4.79 Å². The molecule has 4 aromatic rings. The molecule has 0 fully saturated rings. The Bertz CT molecular complexity index is 1460. The summed E-state index contributed by atoms with van der Waals surface area (Å²) in [6.07, 6.45) is 1.58. The smallest absolute Gasteiger partial charge is 0.253 e. The van der Waals surface area contributed by atoms with E-state index in [4.69, 9.17) is 42.4 Å². The largest absolute Gasteiger partial charge is 0.493 e. The van der Waals surface area contributed by atoms with Gasteiger partial charge in [0.15, 0.2) is 11.5 Å². The van der Waals surface area contributed by atoms with E-state index in [2.05, 4.69) is 9.88 Å². The van der Waals surface area contributed by atoms with E-state index in [0.717, 1.165) is 40.5 Å². The average molecular weight is 603 g/mol. The molecule has 7 nitrogen and oxygen atoms in total. The third kappa shape index (κ3) is 7.11. The average Bonchev–Trinajstić information content (AvgIpc) is 3.54. The molecule has 0 radical (unpaired) electrons. The molecule has 0 bridgehead atoms. The normalized spacial score (nSPS) is 11.8. The molecule has 4 rings (SSSR count). The van der Waals surface area contributed by atoms with Crippen LogP contribution in [0.4, 0.5) is 0 Å². The van der Waals surface area contributed by atoms with Crippen molar-refractivity contribution >= 4 is 40.4 Å². The maximum absolute atomic E-state index is 13.2. The second-order valence-electron chi connectivity index (χ2n) is 9.42. The Morgan fingerprint density at radius 1 is 1.07 bits per heavy atom. The Morgan fingerprint density at radius 2 is 1.80 bits per heavy atom. The zero-order valence-corrected chi connectivity index (χ0v) is 25.5. The monoisotopic (exact) mass is 601 g/mol. The summed E-state index contributed by atoms with van der Waals surface area (Å²) in [5, 5.41) is 6.89. The van der Waals surface area contributed by atoms with Crippen LogP contribution in [0, 0.1) is 6.92 Å². The third-order valence-corrected chi connectivity index (χ3v) is 7.94. The number of aromatic nitrogens is 2. The van der Waals surface area contributed by atoms with Crippen LogP contribution in [-0.4, -0.2) is 35.7 Å². The lowest BCUT2D eigenvalue weighted by molar-refractivity contribution is 0.0938. The molecule has 2 heterocycles. The summed E-state index contributed by atoms with van der Waals surface area (Å²) < 4.78 is 18.9. The van der Waals surface area contributed by atoms with E-state index in [1.807, 2.05) is 50.4 Å². The second kappa shape index (κ2) is 13.4. The number of methoxy groups -OCH3 is 2. The quantitative estimate of drug-likeness (QED) is 0.181. The number of hydrogen-bond donors (Lipinski definition) is 1. The number of thiazole rings is 1. The van der Waals surface area contributed by atoms with Crippen LogP contribution in [0.1, 0.15) is 46.9 Å². The molecule has 0 aliphatic heterocycles. The molecule has 0 saturated carbocycles. The molecule has 1 atom stereocenters. The molecule has 0 aliphatic rings. The summed E-state index contributed by atoms with van der Waals surface area (Å²) in [5.41, 5.74) is 4.28. The van der Waals surface area contributed by atoms with Crippen LogP contribution in [0.3, 0.4) is 0 Å². The Kier molecular flexibility index (Phi) is 10.0. The molecule has 1 unspecified atom stereocenters. The summed E-state index contributed by atoms with van der Waals surface area (Å²) in [6.45, 7) is 6.95. The van der Waals surface area contributed by atoms with Crippen LogP contribution >= 0.6 is 34.5 Å². The van der Waals surface area contributed by atoms with Gasteiger partial charge in [0.2, 0.25) is 0 Å². The van der Waals surface area contributed by atoms with E-state index in [0.29, 0.717) is 39.4 Å². The Balaban J connectivity index is 1.61. The van der Waals surface area contributed by atoms with Crippen molar-refractivity contribution in [1.82, 2.24) is 14.9 Å². The van der Waals surface area contributed by atoms with Crippen molar-refractivity contribution in [1.29, 1.82) is 0 Å². The van der Waals surface area contributed by atoms with Gasteiger partial charge in [-0.25, -0.2) is 4.98 Å². The minimum Gasteiger partial charge on any atom is -0.493 e. The first kappa shape index (κ1) is 29.8. The third-order valence-electron chi connectivity index (χ3n) is 6.69. The van der Waals surface area contributed by atoms with Gasteiger partial charge >= 0.3 is 0 Å². The minimum absolute atomic E-state index is 0.0773. The number of amides is 1. The minimum atomic E-state index is -0.0883. The lowest BCUT2D eigenvalue weighted by atomic mass is 10.1. The van der Waals surface area contributed by atoms with Gasteiger partial charge in [0.1, 0.15) is 17.4 Å². The van der Waals surface area contributed by atoms with Gasteiger partial charge in [0.25, 0.3) is 5.91 Å². The lowest BCUT2D eigenvalue weighted by Crippen LogP contribution is -2.32. The predicted molar refractivity (Wildman–Crippen MR) is 162 cm³/mol. The number of halogens is 2.